The molecular weight excluding hydrogens is 284 g/mol. The fraction of sp³-hybridized carbons (Fsp3) is 0.500. The largest absolute Gasteiger partial charge is 0.497 e. The Bertz CT molecular complexity index is 559. The number of hydrogen-bond acceptors (Lipinski definition) is 4. The predicted octanol–water partition coefficient (Wildman–Crippen LogP) is 1.57. The molecule has 22 heavy (non-hydrogen) atoms. The van der Waals surface area contributed by atoms with Gasteiger partial charge in [0.05, 0.1) is 12.7 Å². The zero-order valence-corrected chi connectivity index (χ0v) is 13.0. The van der Waals surface area contributed by atoms with Crippen LogP contribution in [0.5, 0.6) is 11.5 Å². The zero-order valence-electron chi connectivity index (χ0n) is 13.0. The van der Waals surface area contributed by atoms with Crippen LogP contribution in [0.15, 0.2) is 18.2 Å². The third-order valence-corrected chi connectivity index (χ3v) is 3.93. The van der Waals surface area contributed by atoms with Crippen LogP contribution >= 0.6 is 0 Å². The maximum Gasteiger partial charge on any atom is 0.260 e. The van der Waals surface area contributed by atoms with Crippen LogP contribution in [0.2, 0.25) is 0 Å². The molecule has 0 radical (unpaired) electrons. The fourth-order valence-corrected chi connectivity index (χ4v) is 2.65. The first-order valence-electron chi connectivity index (χ1n) is 7.43. The Labute approximate surface area is 130 Å². The number of hydrogen-bond donors (Lipinski definition) is 1. The van der Waals surface area contributed by atoms with E-state index >= 15 is 0 Å². The Hall–Kier alpha value is -2.24. The molecule has 1 heterocycles. The summed E-state index contributed by atoms with van der Waals surface area (Å²) in [6, 6.07) is 4.99. The summed E-state index contributed by atoms with van der Waals surface area (Å²) in [5, 5.41) is 0. The first-order chi connectivity index (χ1) is 10.5. The summed E-state index contributed by atoms with van der Waals surface area (Å²) in [5.74, 6) is 0.120. The summed E-state index contributed by atoms with van der Waals surface area (Å²) in [5.41, 5.74) is 5.55. The lowest BCUT2D eigenvalue weighted by Crippen LogP contribution is -2.44. The topological polar surface area (TPSA) is 81.9 Å². The Morgan fingerprint density at radius 2 is 2.14 bits per heavy atom. The van der Waals surface area contributed by atoms with Gasteiger partial charge in [0.15, 0.2) is 6.61 Å². The Morgan fingerprint density at radius 3 is 2.77 bits per heavy atom. The summed E-state index contributed by atoms with van der Waals surface area (Å²) in [6.45, 7) is 2.70. The van der Waals surface area contributed by atoms with Crippen LogP contribution in [0.4, 0.5) is 0 Å². The van der Waals surface area contributed by atoms with Gasteiger partial charge in [0.1, 0.15) is 11.5 Å². The molecule has 1 aromatic carbocycles. The Balaban J connectivity index is 2.04. The lowest BCUT2D eigenvalue weighted by atomic mass is 10.0. The van der Waals surface area contributed by atoms with Crippen molar-refractivity contribution >= 4 is 11.8 Å². The number of nitrogens with two attached hydrogens (primary N) is 1. The van der Waals surface area contributed by atoms with Crippen molar-refractivity contribution in [2.24, 2.45) is 5.73 Å². The Kier molecular flexibility index (Phi) is 5.25. The summed E-state index contributed by atoms with van der Waals surface area (Å²) in [6.07, 6.45) is 3.18. The molecule has 1 aliphatic rings. The molecule has 1 saturated heterocycles. The molecule has 1 aromatic rings. The molecule has 0 saturated carbocycles. The highest BCUT2D eigenvalue weighted by atomic mass is 16.5. The number of nitrogens with zero attached hydrogens (tertiary/aromatic N) is 1. The van der Waals surface area contributed by atoms with Crippen molar-refractivity contribution < 1.29 is 19.1 Å². The van der Waals surface area contributed by atoms with Crippen LogP contribution in [0.25, 0.3) is 0 Å². The van der Waals surface area contributed by atoms with Crippen molar-refractivity contribution in [1.82, 2.24) is 4.90 Å². The molecule has 6 heteroatoms. The van der Waals surface area contributed by atoms with Gasteiger partial charge in [0.25, 0.3) is 11.8 Å². The smallest absolute Gasteiger partial charge is 0.260 e. The van der Waals surface area contributed by atoms with Crippen molar-refractivity contribution in [3.8, 4) is 11.5 Å². The number of amides is 2. The second-order valence-corrected chi connectivity index (χ2v) is 5.45. The molecule has 2 N–H and O–H groups in total. The minimum Gasteiger partial charge on any atom is -0.497 e. The Morgan fingerprint density at radius 1 is 1.36 bits per heavy atom. The van der Waals surface area contributed by atoms with E-state index in [-0.39, 0.29) is 24.1 Å². The van der Waals surface area contributed by atoms with Crippen LogP contribution in [-0.2, 0) is 4.79 Å². The minimum absolute atomic E-state index is 0.0709. The van der Waals surface area contributed by atoms with Gasteiger partial charge in [0.2, 0.25) is 0 Å². The van der Waals surface area contributed by atoms with Crippen molar-refractivity contribution in [1.29, 1.82) is 0 Å². The highest BCUT2D eigenvalue weighted by molar-refractivity contribution is 5.96. The van der Waals surface area contributed by atoms with Gasteiger partial charge in [-0.2, -0.15) is 0 Å². The van der Waals surface area contributed by atoms with Crippen molar-refractivity contribution in [2.45, 2.75) is 32.2 Å². The summed E-state index contributed by atoms with van der Waals surface area (Å²) in [7, 11) is 1.50. The fourth-order valence-electron chi connectivity index (χ4n) is 2.65. The molecule has 6 nitrogen and oxygen atoms in total. The number of carbonyl (C=O) groups excluding carboxylic acids is 2. The highest BCUT2D eigenvalue weighted by Crippen LogP contribution is 2.24. The molecule has 2 amide bonds. The highest BCUT2D eigenvalue weighted by Gasteiger charge is 2.23. The third-order valence-electron chi connectivity index (χ3n) is 3.93. The van der Waals surface area contributed by atoms with E-state index in [0.29, 0.717) is 11.5 Å². The summed E-state index contributed by atoms with van der Waals surface area (Å²) < 4.78 is 10.6. The number of ether oxygens (including phenoxy) is 2. The van der Waals surface area contributed by atoms with Crippen molar-refractivity contribution in [3.63, 3.8) is 0 Å². The van der Waals surface area contributed by atoms with Crippen molar-refractivity contribution in [2.75, 3.05) is 20.3 Å². The lowest BCUT2D eigenvalue weighted by Gasteiger charge is -2.33. The zero-order chi connectivity index (χ0) is 16.1. The number of primary amides is 1. The van der Waals surface area contributed by atoms with E-state index in [4.69, 9.17) is 15.2 Å². The second kappa shape index (κ2) is 7.15. The van der Waals surface area contributed by atoms with E-state index in [1.807, 2.05) is 11.8 Å². The first-order valence-corrected chi connectivity index (χ1v) is 7.43. The molecule has 0 aromatic heterocycles. The van der Waals surface area contributed by atoms with Crippen molar-refractivity contribution in [3.05, 3.63) is 23.8 Å². The molecule has 120 valence electrons. The normalized spacial score (nSPS) is 17.9. The summed E-state index contributed by atoms with van der Waals surface area (Å²) >= 11 is 0. The standard InChI is InChI=1S/C16H22N2O4/c1-11-5-3-4-8-18(11)15(19)10-22-14-7-6-12(21-2)9-13(14)16(17)20/h6-7,9,11H,3-5,8,10H2,1-2H3,(H2,17,20). The molecule has 1 fully saturated rings. The third kappa shape index (κ3) is 3.69. The van der Waals surface area contributed by atoms with Gasteiger partial charge < -0.3 is 20.1 Å². The molecule has 0 spiro atoms. The van der Waals surface area contributed by atoms with E-state index < -0.39 is 5.91 Å². The second-order valence-electron chi connectivity index (χ2n) is 5.45. The van der Waals surface area contributed by atoms with Crippen LogP contribution in [0.3, 0.4) is 0 Å². The van der Waals surface area contributed by atoms with E-state index in [9.17, 15) is 9.59 Å². The van der Waals surface area contributed by atoms with E-state index in [0.717, 1.165) is 25.8 Å². The number of rotatable bonds is 5. The van der Waals surface area contributed by atoms with Gasteiger partial charge >= 0.3 is 0 Å². The van der Waals surface area contributed by atoms with Crippen LogP contribution in [0.1, 0.15) is 36.5 Å². The molecule has 2 rings (SSSR count). The first kappa shape index (κ1) is 16.1. The van der Waals surface area contributed by atoms with E-state index in [1.54, 1.807) is 12.1 Å². The number of benzene rings is 1. The average Bonchev–Trinajstić information content (AvgIpc) is 2.52. The summed E-state index contributed by atoms with van der Waals surface area (Å²) in [4.78, 5) is 25.6. The van der Waals surface area contributed by atoms with Gasteiger partial charge in [-0.3, -0.25) is 9.59 Å². The predicted molar refractivity (Wildman–Crippen MR) is 82.0 cm³/mol. The maximum atomic E-state index is 12.2. The molecule has 0 bridgehead atoms. The van der Waals surface area contributed by atoms with Crippen LogP contribution in [0, 0.1) is 0 Å². The van der Waals surface area contributed by atoms with Gasteiger partial charge in [-0.15, -0.1) is 0 Å². The SMILES string of the molecule is COc1ccc(OCC(=O)N2CCCCC2C)c(C(N)=O)c1. The van der Waals surface area contributed by atoms with E-state index in [2.05, 4.69) is 0 Å². The quantitative estimate of drug-likeness (QED) is 0.895. The number of methoxy groups -OCH3 is 1. The van der Waals surface area contributed by atoms with Gasteiger partial charge in [-0.1, -0.05) is 0 Å². The average molecular weight is 306 g/mol. The number of carbonyl (C=O) groups is 2. The minimum atomic E-state index is -0.618. The maximum absolute atomic E-state index is 12.2. The van der Waals surface area contributed by atoms with E-state index in [1.165, 1.54) is 13.2 Å². The number of likely N-dealkylation sites (tertiary alicyclic amines) is 1. The van der Waals surface area contributed by atoms with Crippen LogP contribution < -0.4 is 15.2 Å². The molecule has 1 atom stereocenters. The monoisotopic (exact) mass is 306 g/mol. The van der Waals surface area contributed by atoms with Gasteiger partial charge in [0, 0.05) is 12.6 Å². The van der Waals surface area contributed by atoms with Gasteiger partial charge in [-0.25, -0.2) is 0 Å². The van der Waals surface area contributed by atoms with Crippen LogP contribution in [-0.4, -0.2) is 43.0 Å². The molecule has 0 aliphatic carbocycles. The molecule has 1 aliphatic heterocycles. The van der Waals surface area contributed by atoms with Gasteiger partial charge in [-0.05, 0) is 44.4 Å². The lowest BCUT2D eigenvalue weighted by molar-refractivity contribution is -0.136. The molecule has 1 unspecified atom stereocenters. The molecular formula is C16H22N2O4. The number of piperidine rings is 1.